The number of likely N-dealkylation sites (tertiary alicyclic amines) is 1. The first-order valence-corrected chi connectivity index (χ1v) is 15.3. The van der Waals surface area contributed by atoms with Crippen LogP contribution < -0.4 is 0 Å². The number of ether oxygens (including phenoxy) is 2. The van der Waals surface area contributed by atoms with E-state index in [1.807, 2.05) is 51.1 Å². The van der Waals surface area contributed by atoms with Crippen molar-refractivity contribution in [2.45, 2.75) is 64.3 Å². The van der Waals surface area contributed by atoms with Gasteiger partial charge in [-0.25, -0.2) is 4.79 Å². The molecule has 2 heterocycles. The van der Waals surface area contributed by atoms with E-state index in [0.717, 1.165) is 24.0 Å². The lowest BCUT2D eigenvalue weighted by atomic mass is 9.86. The third kappa shape index (κ3) is 7.34. The second-order valence-corrected chi connectivity index (χ2v) is 12.5. The first-order chi connectivity index (χ1) is 21.3. The predicted octanol–water partition coefficient (Wildman–Crippen LogP) is 7.98. The van der Waals surface area contributed by atoms with E-state index < -0.39 is 5.60 Å². The quantitative estimate of drug-likeness (QED) is 0.183. The molecule has 6 rings (SSSR count). The minimum absolute atomic E-state index is 0.160. The molecular formula is C37H39N3O4. The van der Waals surface area contributed by atoms with Crippen LogP contribution in [0.3, 0.4) is 0 Å². The summed E-state index contributed by atoms with van der Waals surface area (Å²) in [5.74, 6) is 1.40. The van der Waals surface area contributed by atoms with Gasteiger partial charge in [0.1, 0.15) is 5.60 Å². The zero-order valence-corrected chi connectivity index (χ0v) is 25.6. The molecule has 1 aromatic heterocycles. The molecule has 0 spiro atoms. The van der Waals surface area contributed by atoms with Gasteiger partial charge in [-0.3, -0.25) is 0 Å². The molecule has 1 fully saturated rings. The third-order valence-corrected chi connectivity index (χ3v) is 8.02. The standard InChI is InChI=1S/C37H39N3O4/c1-37(2,3)43-36(41)40-22-21-32(33(24-40)42-25-27-15-17-28-9-7-8-12-31(28)23-27)29-18-13-26(14-19-29)16-20-34-38-35(39-44-34)30-10-5-4-6-11-30/h4-15,17-19,23,32-33H,16,20-22,24-25H2,1-3H3. The van der Waals surface area contributed by atoms with Crippen molar-refractivity contribution >= 4 is 16.9 Å². The molecule has 226 valence electrons. The van der Waals surface area contributed by atoms with E-state index in [0.29, 0.717) is 37.8 Å². The fraction of sp³-hybridized carbons (Fsp3) is 0.324. The lowest BCUT2D eigenvalue weighted by Crippen LogP contribution is -2.48. The molecule has 0 saturated carbocycles. The number of carbonyl (C=O) groups excluding carboxylic acids is 1. The largest absolute Gasteiger partial charge is 0.444 e. The Kier molecular flexibility index (Phi) is 8.75. The Hall–Kier alpha value is -4.49. The molecule has 0 N–H and O–H groups in total. The SMILES string of the molecule is CC(C)(C)OC(=O)N1CCC(c2ccc(CCc3nc(-c4ccccc4)no3)cc2)C(OCc2ccc3ccccc3c2)C1. The minimum atomic E-state index is -0.546. The first-order valence-electron chi connectivity index (χ1n) is 15.3. The van der Waals surface area contributed by atoms with Gasteiger partial charge in [-0.15, -0.1) is 0 Å². The number of aryl methyl sites for hydroxylation is 2. The van der Waals surface area contributed by atoms with E-state index in [9.17, 15) is 4.79 Å². The van der Waals surface area contributed by atoms with E-state index in [4.69, 9.17) is 14.0 Å². The molecule has 2 unspecified atom stereocenters. The number of amides is 1. The third-order valence-electron chi connectivity index (χ3n) is 8.02. The van der Waals surface area contributed by atoms with Gasteiger partial charge in [0.05, 0.1) is 19.3 Å². The van der Waals surface area contributed by atoms with E-state index in [1.54, 1.807) is 4.90 Å². The van der Waals surface area contributed by atoms with Crippen molar-refractivity contribution in [3.8, 4) is 11.4 Å². The van der Waals surface area contributed by atoms with Crippen molar-refractivity contribution < 1.29 is 18.8 Å². The fourth-order valence-electron chi connectivity index (χ4n) is 5.73. The Balaban J connectivity index is 1.13. The fourth-order valence-corrected chi connectivity index (χ4v) is 5.73. The summed E-state index contributed by atoms with van der Waals surface area (Å²) < 4.78 is 17.8. The van der Waals surface area contributed by atoms with Gasteiger partial charge in [0, 0.05) is 24.4 Å². The molecule has 2 atom stereocenters. The molecule has 1 saturated heterocycles. The summed E-state index contributed by atoms with van der Waals surface area (Å²) in [5, 5.41) is 6.54. The second-order valence-electron chi connectivity index (χ2n) is 12.5. The molecule has 1 aliphatic rings. The Bertz CT molecular complexity index is 1690. The van der Waals surface area contributed by atoms with Crippen LogP contribution in [0, 0.1) is 0 Å². The lowest BCUT2D eigenvalue weighted by Gasteiger charge is -2.39. The van der Waals surface area contributed by atoms with Crippen molar-refractivity contribution in [1.82, 2.24) is 15.0 Å². The molecule has 1 aliphatic heterocycles. The normalized spacial score (nSPS) is 17.1. The first kappa shape index (κ1) is 29.6. The van der Waals surface area contributed by atoms with Crippen molar-refractivity contribution in [1.29, 1.82) is 0 Å². The van der Waals surface area contributed by atoms with Crippen LogP contribution in [0.5, 0.6) is 0 Å². The molecule has 4 aromatic carbocycles. The number of fused-ring (bicyclic) bond motifs is 1. The molecule has 44 heavy (non-hydrogen) atoms. The molecule has 7 nitrogen and oxygen atoms in total. The average Bonchev–Trinajstić information content (AvgIpc) is 3.52. The summed E-state index contributed by atoms with van der Waals surface area (Å²) in [4.78, 5) is 19.3. The molecule has 0 aliphatic carbocycles. The Labute approximate surface area is 258 Å². The summed E-state index contributed by atoms with van der Waals surface area (Å²) in [7, 11) is 0. The molecule has 7 heteroatoms. The van der Waals surface area contributed by atoms with E-state index in [2.05, 4.69) is 76.9 Å². The number of hydrogen-bond acceptors (Lipinski definition) is 6. The van der Waals surface area contributed by atoms with Crippen LogP contribution in [0.2, 0.25) is 0 Å². The number of benzene rings is 4. The van der Waals surface area contributed by atoms with Crippen molar-refractivity contribution in [2.75, 3.05) is 13.1 Å². The number of nitrogens with zero attached hydrogens (tertiary/aromatic N) is 3. The van der Waals surface area contributed by atoms with Gasteiger partial charge in [-0.2, -0.15) is 4.98 Å². The molecular weight excluding hydrogens is 550 g/mol. The second kappa shape index (κ2) is 13.0. The van der Waals surface area contributed by atoms with Crippen molar-refractivity contribution in [2.24, 2.45) is 0 Å². The Morgan fingerprint density at radius 1 is 0.886 bits per heavy atom. The maximum atomic E-state index is 13.0. The molecule has 0 radical (unpaired) electrons. The maximum absolute atomic E-state index is 13.0. The number of rotatable bonds is 8. The summed E-state index contributed by atoms with van der Waals surface area (Å²) in [6.45, 7) is 7.27. The minimum Gasteiger partial charge on any atom is -0.444 e. The Morgan fingerprint density at radius 3 is 2.39 bits per heavy atom. The van der Waals surface area contributed by atoms with E-state index >= 15 is 0 Å². The summed E-state index contributed by atoms with van der Waals surface area (Å²) in [6.07, 6.45) is 1.82. The van der Waals surface area contributed by atoms with Crippen LogP contribution in [0.1, 0.15) is 55.7 Å². The number of carbonyl (C=O) groups is 1. The number of hydrogen-bond donors (Lipinski definition) is 0. The van der Waals surface area contributed by atoms with E-state index in [-0.39, 0.29) is 18.1 Å². The molecule has 0 bridgehead atoms. The van der Waals surface area contributed by atoms with Gasteiger partial charge in [0.15, 0.2) is 0 Å². The lowest BCUT2D eigenvalue weighted by molar-refractivity contribution is -0.0359. The van der Waals surface area contributed by atoms with Gasteiger partial charge < -0.3 is 18.9 Å². The van der Waals surface area contributed by atoms with Crippen molar-refractivity contribution in [3.05, 3.63) is 120 Å². The highest BCUT2D eigenvalue weighted by molar-refractivity contribution is 5.82. The molecule has 5 aromatic rings. The topological polar surface area (TPSA) is 77.7 Å². The predicted molar refractivity (Wildman–Crippen MR) is 171 cm³/mol. The Morgan fingerprint density at radius 2 is 1.61 bits per heavy atom. The van der Waals surface area contributed by atoms with Crippen LogP contribution in [-0.2, 0) is 28.9 Å². The summed E-state index contributed by atoms with van der Waals surface area (Å²) in [6, 6.07) is 33.4. The monoisotopic (exact) mass is 589 g/mol. The highest BCUT2D eigenvalue weighted by Crippen LogP contribution is 2.32. The zero-order chi connectivity index (χ0) is 30.5. The number of aromatic nitrogens is 2. The van der Waals surface area contributed by atoms with Gasteiger partial charge >= 0.3 is 6.09 Å². The smallest absolute Gasteiger partial charge is 0.410 e. The summed E-state index contributed by atoms with van der Waals surface area (Å²) >= 11 is 0. The van der Waals surface area contributed by atoms with Crippen LogP contribution >= 0.6 is 0 Å². The van der Waals surface area contributed by atoms with Crippen LogP contribution in [0.15, 0.2) is 102 Å². The molecule has 1 amide bonds. The highest BCUT2D eigenvalue weighted by Gasteiger charge is 2.35. The van der Waals surface area contributed by atoms with E-state index in [1.165, 1.54) is 21.9 Å². The summed E-state index contributed by atoms with van der Waals surface area (Å²) in [5.41, 5.74) is 3.93. The van der Waals surface area contributed by atoms with Crippen LogP contribution in [-0.4, -0.2) is 45.9 Å². The van der Waals surface area contributed by atoms with Gasteiger partial charge in [0.25, 0.3) is 0 Å². The van der Waals surface area contributed by atoms with Crippen LogP contribution in [0.25, 0.3) is 22.2 Å². The van der Waals surface area contributed by atoms with Gasteiger partial charge in [0.2, 0.25) is 11.7 Å². The number of piperidine rings is 1. The van der Waals surface area contributed by atoms with Gasteiger partial charge in [-0.1, -0.05) is 96.2 Å². The van der Waals surface area contributed by atoms with Crippen molar-refractivity contribution in [3.63, 3.8) is 0 Å². The van der Waals surface area contributed by atoms with Crippen LogP contribution in [0.4, 0.5) is 4.79 Å². The zero-order valence-electron chi connectivity index (χ0n) is 25.6. The maximum Gasteiger partial charge on any atom is 0.410 e. The highest BCUT2D eigenvalue weighted by atomic mass is 16.6. The van der Waals surface area contributed by atoms with Gasteiger partial charge in [-0.05, 0) is 67.1 Å². The average molecular weight is 590 g/mol.